The smallest absolute Gasteiger partial charge is 0.340 e. The van der Waals surface area contributed by atoms with E-state index >= 15 is 0 Å². The number of amides is 2. The number of nitro groups is 1. The van der Waals surface area contributed by atoms with Crippen molar-refractivity contribution in [1.29, 1.82) is 0 Å². The van der Waals surface area contributed by atoms with E-state index < -0.39 is 35.1 Å². The van der Waals surface area contributed by atoms with Gasteiger partial charge in [0.05, 0.1) is 28.0 Å². The summed E-state index contributed by atoms with van der Waals surface area (Å²) in [6, 6.07) is 11.2. The molecular formula is C24H18N2O7. The summed E-state index contributed by atoms with van der Waals surface area (Å²) in [6.07, 6.45) is 4.77. The molecule has 166 valence electrons. The topological polar surface area (TPSA) is 124 Å². The minimum absolute atomic E-state index is 0.00804. The molecule has 9 heteroatoms. The summed E-state index contributed by atoms with van der Waals surface area (Å²) in [6.45, 7) is -0.643. The first kappa shape index (κ1) is 20.7. The van der Waals surface area contributed by atoms with Crippen molar-refractivity contribution in [2.45, 2.75) is 6.42 Å². The van der Waals surface area contributed by atoms with Crippen molar-refractivity contribution in [2.75, 3.05) is 11.5 Å². The van der Waals surface area contributed by atoms with Gasteiger partial charge in [0.15, 0.2) is 6.61 Å². The number of esters is 1. The molecule has 3 aliphatic rings. The maximum Gasteiger partial charge on any atom is 0.340 e. The van der Waals surface area contributed by atoms with Crippen LogP contribution in [0.25, 0.3) is 0 Å². The van der Waals surface area contributed by atoms with Gasteiger partial charge < -0.3 is 4.74 Å². The Kier molecular flexibility index (Phi) is 4.88. The number of Topliss-reactive ketones (excluding diaryl/α,β-unsaturated/α-hetero) is 1. The van der Waals surface area contributed by atoms with Gasteiger partial charge in [0.1, 0.15) is 0 Å². The molecule has 0 aromatic heterocycles. The number of allylic oxidation sites excluding steroid dienone is 2. The number of imide groups is 1. The molecule has 0 N–H and O–H groups in total. The van der Waals surface area contributed by atoms with Gasteiger partial charge in [-0.1, -0.05) is 36.4 Å². The van der Waals surface area contributed by atoms with Crippen LogP contribution < -0.4 is 4.90 Å². The van der Waals surface area contributed by atoms with Crippen molar-refractivity contribution < 1.29 is 28.8 Å². The quantitative estimate of drug-likeness (QED) is 0.167. The lowest BCUT2D eigenvalue weighted by atomic mass is 9.85. The van der Waals surface area contributed by atoms with Crippen LogP contribution in [0.4, 0.5) is 11.4 Å². The summed E-state index contributed by atoms with van der Waals surface area (Å²) < 4.78 is 5.14. The fourth-order valence-electron chi connectivity index (χ4n) is 5.07. The fourth-order valence-corrected chi connectivity index (χ4v) is 5.07. The van der Waals surface area contributed by atoms with E-state index in [-0.39, 0.29) is 46.2 Å². The molecule has 5 rings (SSSR count). The molecule has 2 aromatic rings. The van der Waals surface area contributed by atoms with E-state index in [0.717, 1.165) is 17.4 Å². The molecule has 2 aliphatic carbocycles. The van der Waals surface area contributed by atoms with Crippen LogP contribution in [0.5, 0.6) is 0 Å². The Hall–Kier alpha value is -4.14. The standard InChI is InChI=1S/C24H18N2O7/c27-19(13-4-3-5-16(11-13)26(31)32)12-33-24(30)17-6-1-2-7-18(17)25-22(28)20-14-8-9-15(10-14)21(20)23(25)29/h1-9,11,14-15,20-21H,10,12H2/t14-,15-,20-,21+/m0/s1. The number of benzene rings is 2. The van der Waals surface area contributed by atoms with Crippen molar-refractivity contribution >= 4 is 34.9 Å². The third-order valence-electron chi connectivity index (χ3n) is 6.55. The predicted octanol–water partition coefficient (Wildman–Crippen LogP) is 2.95. The highest BCUT2D eigenvalue weighted by Gasteiger charge is 2.59. The second kappa shape index (κ2) is 7.77. The number of nitrogens with zero attached hydrogens (tertiary/aromatic N) is 2. The molecule has 9 nitrogen and oxygen atoms in total. The van der Waals surface area contributed by atoms with Gasteiger partial charge in [0, 0.05) is 17.7 Å². The van der Waals surface area contributed by atoms with Gasteiger partial charge in [-0.3, -0.25) is 24.5 Å². The Bertz CT molecular complexity index is 1220. The monoisotopic (exact) mass is 446 g/mol. The summed E-state index contributed by atoms with van der Waals surface area (Å²) >= 11 is 0. The Morgan fingerprint density at radius 1 is 1.00 bits per heavy atom. The van der Waals surface area contributed by atoms with E-state index in [0.29, 0.717) is 0 Å². The first-order valence-corrected chi connectivity index (χ1v) is 10.5. The summed E-state index contributed by atoms with van der Waals surface area (Å²) in [5.74, 6) is -2.89. The van der Waals surface area contributed by atoms with E-state index in [4.69, 9.17) is 4.74 Å². The molecule has 1 heterocycles. The minimum Gasteiger partial charge on any atom is -0.454 e. The summed E-state index contributed by atoms with van der Waals surface area (Å²) in [5.41, 5.74) is -0.0935. The molecule has 1 saturated carbocycles. The Morgan fingerprint density at radius 3 is 2.33 bits per heavy atom. The zero-order chi connectivity index (χ0) is 23.3. The van der Waals surface area contributed by atoms with Gasteiger partial charge in [-0.2, -0.15) is 0 Å². The Morgan fingerprint density at radius 2 is 1.67 bits per heavy atom. The van der Waals surface area contributed by atoms with Gasteiger partial charge in [-0.25, -0.2) is 9.69 Å². The van der Waals surface area contributed by atoms with E-state index in [2.05, 4.69) is 0 Å². The fraction of sp³-hybridized carbons (Fsp3) is 0.250. The second-order valence-electron chi connectivity index (χ2n) is 8.34. The van der Waals surface area contributed by atoms with E-state index in [1.807, 2.05) is 12.2 Å². The highest BCUT2D eigenvalue weighted by atomic mass is 16.6. The second-order valence-corrected chi connectivity index (χ2v) is 8.34. The van der Waals surface area contributed by atoms with Crippen LogP contribution >= 0.6 is 0 Å². The van der Waals surface area contributed by atoms with Crippen LogP contribution in [0.2, 0.25) is 0 Å². The molecule has 1 saturated heterocycles. The molecule has 4 atom stereocenters. The van der Waals surface area contributed by atoms with Gasteiger partial charge in [0.2, 0.25) is 17.6 Å². The molecule has 2 fully saturated rings. The molecule has 2 bridgehead atoms. The molecule has 2 aromatic carbocycles. The lowest BCUT2D eigenvalue weighted by Gasteiger charge is -2.19. The Labute approximate surface area is 187 Å². The number of ketones is 1. The summed E-state index contributed by atoms with van der Waals surface area (Å²) in [4.78, 5) is 62.7. The molecule has 1 aliphatic heterocycles. The van der Waals surface area contributed by atoms with Gasteiger partial charge >= 0.3 is 5.97 Å². The van der Waals surface area contributed by atoms with Crippen LogP contribution in [0.3, 0.4) is 0 Å². The number of ether oxygens (including phenoxy) is 1. The van der Waals surface area contributed by atoms with Crippen molar-refractivity contribution in [2.24, 2.45) is 23.7 Å². The van der Waals surface area contributed by atoms with Gasteiger partial charge in [-0.15, -0.1) is 0 Å². The number of carbonyl (C=O) groups excluding carboxylic acids is 4. The van der Waals surface area contributed by atoms with Gasteiger partial charge in [0.25, 0.3) is 5.69 Å². The van der Waals surface area contributed by atoms with Crippen LogP contribution in [0.1, 0.15) is 27.1 Å². The maximum absolute atomic E-state index is 13.1. The zero-order valence-corrected chi connectivity index (χ0v) is 17.2. The molecule has 0 spiro atoms. The molecular weight excluding hydrogens is 428 g/mol. The van der Waals surface area contributed by atoms with Crippen LogP contribution in [-0.2, 0) is 14.3 Å². The van der Waals surface area contributed by atoms with Crippen molar-refractivity contribution in [3.63, 3.8) is 0 Å². The molecule has 2 amide bonds. The number of rotatable bonds is 6. The van der Waals surface area contributed by atoms with Crippen LogP contribution in [0, 0.1) is 33.8 Å². The van der Waals surface area contributed by atoms with E-state index in [1.165, 1.54) is 30.3 Å². The number of fused-ring (bicyclic) bond motifs is 5. The SMILES string of the molecule is O=C(COC(=O)c1ccccc1N1C(=O)[C@@H]2[C@H](C1=O)[C@H]1C=C[C@H]2C1)c1cccc([N+](=O)[O-])c1. The normalized spacial score (nSPS) is 24.8. The largest absolute Gasteiger partial charge is 0.454 e. The number of hydrogen-bond donors (Lipinski definition) is 0. The third kappa shape index (κ3) is 3.32. The predicted molar refractivity (Wildman–Crippen MR) is 114 cm³/mol. The summed E-state index contributed by atoms with van der Waals surface area (Å²) in [5, 5.41) is 10.9. The average Bonchev–Trinajstić information content (AvgIpc) is 3.51. The first-order chi connectivity index (χ1) is 15.9. The lowest BCUT2D eigenvalue weighted by molar-refractivity contribution is -0.384. The maximum atomic E-state index is 13.1. The van der Waals surface area contributed by atoms with Crippen molar-refractivity contribution in [1.82, 2.24) is 0 Å². The number of hydrogen-bond acceptors (Lipinski definition) is 7. The molecule has 0 radical (unpaired) electrons. The van der Waals surface area contributed by atoms with Crippen molar-refractivity contribution in [3.8, 4) is 0 Å². The number of non-ortho nitro benzene ring substituents is 1. The minimum atomic E-state index is -0.872. The van der Waals surface area contributed by atoms with Gasteiger partial charge in [-0.05, 0) is 30.4 Å². The molecule has 33 heavy (non-hydrogen) atoms. The summed E-state index contributed by atoms with van der Waals surface area (Å²) in [7, 11) is 0. The average molecular weight is 446 g/mol. The number of para-hydroxylation sites is 1. The van der Waals surface area contributed by atoms with E-state index in [9.17, 15) is 29.3 Å². The van der Waals surface area contributed by atoms with Crippen LogP contribution in [0.15, 0.2) is 60.7 Å². The Balaban J connectivity index is 1.34. The number of nitro benzene ring substituents is 1. The van der Waals surface area contributed by atoms with Crippen molar-refractivity contribution in [3.05, 3.63) is 81.9 Å². The number of carbonyl (C=O) groups is 4. The highest BCUT2D eigenvalue weighted by molar-refractivity contribution is 6.24. The molecule has 0 unspecified atom stereocenters. The highest BCUT2D eigenvalue weighted by Crippen LogP contribution is 2.53. The zero-order valence-electron chi connectivity index (χ0n) is 17.2. The first-order valence-electron chi connectivity index (χ1n) is 10.5. The number of anilines is 1. The third-order valence-corrected chi connectivity index (χ3v) is 6.55. The van der Waals surface area contributed by atoms with Crippen LogP contribution in [-0.4, -0.2) is 35.1 Å². The lowest BCUT2D eigenvalue weighted by Crippen LogP contribution is -2.34. The van der Waals surface area contributed by atoms with E-state index in [1.54, 1.807) is 12.1 Å².